The molecule has 0 aliphatic heterocycles. The minimum absolute atomic E-state index is 0.0393. The average Bonchev–Trinajstić information content (AvgIpc) is 3.12. The van der Waals surface area contributed by atoms with Crippen molar-refractivity contribution in [3.05, 3.63) is 82.9 Å². The third-order valence-electron chi connectivity index (χ3n) is 6.84. The fourth-order valence-corrected chi connectivity index (χ4v) is 5.28. The zero-order valence-corrected chi connectivity index (χ0v) is 18.1. The van der Waals surface area contributed by atoms with Gasteiger partial charge >= 0.3 is 0 Å². The van der Waals surface area contributed by atoms with Crippen LogP contribution in [0.1, 0.15) is 34.6 Å². The topological polar surface area (TPSA) is 50.7 Å². The minimum atomic E-state index is -0.409. The lowest BCUT2D eigenvalue weighted by Crippen LogP contribution is -2.46. The first-order chi connectivity index (χ1) is 15.2. The first-order valence-electron chi connectivity index (χ1n) is 11.0. The smallest absolute Gasteiger partial charge is 0.161 e. The maximum absolute atomic E-state index is 10.8. The van der Waals surface area contributed by atoms with Crippen molar-refractivity contribution >= 4 is 0 Å². The summed E-state index contributed by atoms with van der Waals surface area (Å²) in [5.74, 6) is 1.87. The summed E-state index contributed by atoms with van der Waals surface area (Å²) in [6, 6.07) is 21.6. The molecule has 0 heterocycles. The second-order valence-electron chi connectivity index (χ2n) is 8.53. The molecule has 4 nitrogen and oxygen atoms in total. The fourth-order valence-electron chi connectivity index (χ4n) is 5.28. The second-order valence-corrected chi connectivity index (χ2v) is 8.53. The van der Waals surface area contributed by atoms with Crippen LogP contribution in [0.4, 0.5) is 0 Å². The van der Waals surface area contributed by atoms with E-state index in [9.17, 15) is 5.11 Å². The van der Waals surface area contributed by atoms with Gasteiger partial charge in [-0.25, -0.2) is 0 Å². The Bertz CT molecular complexity index is 1050. The van der Waals surface area contributed by atoms with E-state index in [-0.39, 0.29) is 6.04 Å². The number of hydrogen-bond acceptors (Lipinski definition) is 4. The van der Waals surface area contributed by atoms with Gasteiger partial charge in [-0.1, -0.05) is 48.5 Å². The normalized spacial score (nSPS) is 19.5. The molecule has 0 radical (unpaired) electrons. The van der Waals surface area contributed by atoms with Gasteiger partial charge in [-0.05, 0) is 64.9 Å². The minimum Gasteiger partial charge on any atom is -0.493 e. The third kappa shape index (κ3) is 3.60. The summed E-state index contributed by atoms with van der Waals surface area (Å²) < 4.78 is 10.9. The van der Waals surface area contributed by atoms with E-state index in [1.54, 1.807) is 14.2 Å². The van der Waals surface area contributed by atoms with Crippen molar-refractivity contribution in [3.8, 4) is 22.6 Å². The second kappa shape index (κ2) is 8.37. The highest BCUT2D eigenvalue weighted by atomic mass is 16.5. The van der Waals surface area contributed by atoms with Crippen LogP contribution in [0.3, 0.4) is 0 Å². The Labute approximate surface area is 183 Å². The van der Waals surface area contributed by atoms with E-state index in [1.165, 1.54) is 27.8 Å². The molecule has 5 rings (SSSR count). The first kappa shape index (κ1) is 20.1. The van der Waals surface area contributed by atoms with Crippen LogP contribution in [0.2, 0.25) is 0 Å². The molecular formula is C27H29NO3. The summed E-state index contributed by atoms with van der Waals surface area (Å²) in [6.07, 6.45) is 2.02. The Kier molecular flexibility index (Phi) is 5.43. The Morgan fingerprint density at radius 1 is 0.839 bits per heavy atom. The van der Waals surface area contributed by atoms with Crippen LogP contribution in [0.25, 0.3) is 11.1 Å². The summed E-state index contributed by atoms with van der Waals surface area (Å²) in [7, 11) is 3.31. The standard InChI is InChI=1S/C27H29NO3/c1-30-26-15-17-13-24(25(29)14-18(17)16-27(26)31-2)28-12-11-23-21-9-5-3-7-19(21)20-8-4-6-10-22(20)23/h3-10,15-16,23-25,28-29H,11-14H2,1-2H3. The third-order valence-corrected chi connectivity index (χ3v) is 6.84. The van der Waals surface area contributed by atoms with Crippen LogP contribution in [-0.2, 0) is 12.8 Å². The van der Waals surface area contributed by atoms with Gasteiger partial charge in [0.2, 0.25) is 0 Å². The molecule has 0 saturated heterocycles. The summed E-state index contributed by atoms with van der Waals surface area (Å²) in [5.41, 5.74) is 7.90. The highest BCUT2D eigenvalue weighted by Crippen LogP contribution is 2.46. The number of benzene rings is 3. The molecule has 31 heavy (non-hydrogen) atoms. The average molecular weight is 416 g/mol. The highest BCUT2D eigenvalue weighted by molar-refractivity contribution is 5.78. The van der Waals surface area contributed by atoms with Crippen molar-refractivity contribution in [2.75, 3.05) is 20.8 Å². The largest absolute Gasteiger partial charge is 0.493 e. The number of methoxy groups -OCH3 is 2. The molecule has 160 valence electrons. The van der Waals surface area contributed by atoms with E-state index < -0.39 is 6.10 Å². The van der Waals surface area contributed by atoms with Crippen molar-refractivity contribution in [2.45, 2.75) is 37.3 Å². The van der Waals surface area contributed by atoms with Crippen LogP contribution in [-0.4, -0.2) is 38.0 Å². The van der Waals surface area contributed by atoms with Crippen LogP contribution in [0.15, 0.2) is 60.7 Å². The molecule has 0 bridgehead atoms. The van der Waals surface area contributed by atoms with Crippen molar-refractivity contribution in [1.82, 2.24) is 5.32 Å². The molecule has 3 aromatic carbocycles. The first-order valence-corrected chi connectivity index (χ1v) is 11.0. The summed E-state index contributed by atoms with van der Waals surface area (Å²) in [4.78, 5) is 0. The lowest BCUT2D eigenvalue weighted by molar-refractivity contribution is 0.119. The molecule has 0 aromatic heterocycles. The molecule has 2 aliphatic carbocycles. The molecule has 4 heteroatoms. The monoisotopic (exact) mass is 415 g/mol. The lowest BCUT2D eigenvalue weighted by atomic mass is 9.85. The maximum Gasteiger partial charge on any atom is 0.161 e. The van der Waals surface area contributed by atoms with Crippen molar-refractivity contribution in [2.24, 2.45) is 0 Å². The molecule has 2 N–H and O–H groups in total. The van der Waals surface area contributed by atoms with Crippen LogP contribution in [0.5, 0.6) is 11.5 Å². The Hall–Kier alpha value is -2.82. The molecule has 2 unspecified atom stereocenters. The molecule has 0 spiro atoms. The van der Waals surface area contributed by atoms with Crippen molar-refractivity contribution in [3.63, 3.8) is 0 Å². The number of fused-ring (bicyclic) bond motifs is 4. The number of hydrogen-bond donors (Lipinski definition) is 2. The molecule has 3 aromatic rings. The van der Waals surface area contributed by atoms with Gasteiger partial charge in [0.15, 0.2) is 11.5 Å². The van der Waals surface area contributed by atoms with Crippen LogP contribution < -0.4 is 14.8 Å². The number of ether oxygens (including phenoxy) is 2. The predicted octanol–water partition coefficient (Wildman–Crippen LogP) is 4.32. The van der Waals surface area contributed by atoms with Gasteiger partial charge in [0.1, 0.15) is 0 Å². The van der Waals surface area contributed by atoms with E-state index in [4.69, 9.17) is 9.47 Å². The van der Waals surface area contributed by atoms with Gasteiger partial charge in [0.25, 0.3) is 0 Å². The van der Waals surface area contributed by atoms with Crippen molar-refractivity contribution < 1.29 is 14.6 Å². The molecule has 2 atom stereocenters. The van der Waals surface area contributed by atoms with E-state index in [1.807, 2.05) is 6.07 Å². The zero-order chi connectivity index (χ0) is 21.4. The van der Waals surface area contributed by atoms with E-state index in [0.29, 0.717) is 12.3 Å². The Balaban J connectivity index is 1.29. The lowest BCUT2D eigenvalue weighted by Gasteiger charge is -2.31. The molecular weight excluding hydrogens is 386 g/mol. The summed E-state index contributed by atoms with van der Waals surface area (Å²) in [6.45, 7) is 0.859. The van der Waals surface area contributed by atoms with Crippen LogP contribution in [0, 0.1) is 0 Å². The van der Waals surface area contributed by atoms with Crippen LogP contribution >= 0.6 is 0 Å². The van der Waals surface area contributed by atoms with Gasteiger partial charge in [0, 0.05) is 18.4 Å². The maximum atomic E-state index is 10.8. The summed E-state index contributed by atoms with van der Waals surface area (Å²) in [5, 5.41) is 14.4. The van der Waals surface area contributed by atoms with Gasteiger partial charge in [-0.15, -0.1) is 0 Å². The number of aliphatic hydroxyl groups is 1. The SMILES string of the molecule is COc1cc2c(cc1OC)CC(NCCC1c3ccccc3-c3ccccc31)C(O)C2. The van der Waals surface area contributed by atoms with Gasteiger partial charge in [0.05, 0.1) is 20.3 Å². The predicted molar refractivity (Wildman–Crippen MR) is 123 cm³/mol. The van der Waals surface area contributed by atoms with Crippen molar-refractivity contribution in [1.29, 1.82) is 0 Å². The number of rotatable bonds is 6. The number of nitrogens with one attached hydrogen (secondary N) is 1. The number of aliphatic hydroxyl groups excluding tert-OH is 1. The highest BCUT2D eigenvalue weighted by Gasteiger charge is 2.30. The molecule has 2 aliphatic rings. The Morgan fingerprint density at radius 2 is 1.39 bits per heavy atom. The van der Waals surface area contributed by atoms with Gasteiger partial charge in [-0.3, -0.25) is 0 Å². The summed E-state index contributed by atoms with van der Waals surface area (Å²) >= 11 is 0. The molecule has 0 saturated carbocycles. The zero-order valence-electron chi connectivity index (χ0n) is 18.1. The Morgan fingerprint density at radius 3 is 1.97 bits per heavy atom. The van der Waals surface area contributed by atoms with E-state index >= 15 is 0 Å². The molecule has 0 amide bonds. The van der Waals surface area contributed by atoms with Gasteiger partial charge in [-0.2, -0.15) is 0 Å². The van der Waals surface area contributed by atoms with E-state index in [0.717, 1.165) is 36.4 Å². The fraction of sp³-hybridized carbons (Fsp3) is 0.333. The van der Waals surface area contributed by atoms with E-state index in [2.05, 4.69) is 59.9 Å². The molecule has 0 fully saturated rings. The quantitative estimate of drug-likeness (QED) is 0.629. The van der Waals surface area contributed by atoms with Gasteiger partial charge < -0.3 is 19.9 Å².